The molecular weight excluding hydrogens is 378 g/mol. The van der Waals surface area contributed by atoms with Crippen LogP contribution in [0.5, 0.6) is 5.75 Å². The number of rotatable bonds is 6. The SMILES string of the molecule is COc1ccc2[nH]cc(CCN3CC(C(=O)Nc4nnc(C)s4)CC3=O)c2c1. The van der Waals surface area contributed by atoms with Gasteiger partial charge in [0.25, 0.3) is 0 Å². The fourth-order valence-corrected chi connectivity index (χ4v) is 4.06. The molecule has 1 aliphatic rings. The van der Waals surface area contributed by atoms with Crippen LogP contribution in [0.3, 0.4) is 0 Å². The summed E-state index contributed by atoms with van der Waals surface area (Å²) < 4.78 is 5.30. The van der Waals surface area contributed by atoms with E-state index in [2.05, 4.69) is 20.5 Å². The van der Waals surface area contributed by atoms with E-state index in [1.165, 1.54) is 11.3 Å². The second kappa shape index (κ2) is 7.59. The molecule has 1 aromatic carbocycles. The smallest absolute Gasteiger partial charge is 0.231 e. The van der Waals surface area contributed by atoms with Gasteiger partial charge in [-0.2, -0.15) is 0 Å². The molecule has 4 rings (SSSR count). The molecule has 0 radical (unpaired) electrons. The molecule has 1 atom stereocenters. The topological polar surface area (TPSA) is 100 Å². The molecule has 1 saturated heterocycles. The zero-order valence-electron chi connectivity index (χ0n) is 15.7. The lowest BCUT2D eigenvalue weighted by Crippen LogP contribution is -2.30. The molecule has 2 aromatic heterocycles. The molecule has 0 bridgehead atoms. The minimum atomic E-state index is -0.361. The Morgan fingerprint density at radius 2 is 2.29 bits per heavy atom. The highest BCUT2D eigenvalue weighted by molar-refractivity contribution is 7.15. The second-order valence-corrected chi connectivity index (χ2v) is 8.01. The Kier molecular flexibility index (Phi) is 4.99. The monoisotopic (exact) mass is 399 g/mol. The third-order valence-electron chi connectivity index (χ3n) is 4.97. The second-order valence-electron chi connectivity index (χ2n) is 6.83. The predicted molar refractivity (Wildman–Crippen MR) is 107 cm³/mol. The number of likely N-dealkylation sites (tertiary alicyclic amines) is 1. The van der Waals surface area contributed by atoms with Crippen molar-refractivity contribution >= 4 is 39.2 Å². The Morgan fingerprint density at radius 1 is 1.43 bits per heavy atom. The normalized spacial score (nSPS) is 16.7. The summed E-state index contributed by atoms with van der Waals surface area (Å²) in [4.78, 5) is 29.8. The summed E-state index contributed by atoms with van der Waals surface area (Å²) >= 11 is 1.32. The summed E-state index contributed by atoms with van der Waals surface area (Å²) in [5.41, 5.74) is 2.16. The highest BCUT2D eigenvalue weighted by Gasteiger charge is 2.34. The van der Waals surface area contributed by atoms with Gasteiger partial charge in [0.1, 0.15) is 10.8 Å². The van der Waals surface area contributed by atoms with Crippen LogP contribution in [0.15, 0.2) is 24.4 Å². The number of methoxy groups -OCH3 is 1. The fraction of sp³-hybridized carbons (Fsp3) is 0.368. The summed E-state index contributed by atoms with van der Waals surface area (Å²) in [6, 6.07) is 5.89. The third kappa shape index (κ3) is 3.70. The number of fused-ring (bicyclic) bond motifs is 1. The van der Waals surface area contributed by atoms with E-state index < -0.39 is 0 Å². The zero-order valence-corrected chi connectivity index (χ0v) is 16.5. The van der Waals surface area contributed by atoms with Crippen molar-refractivity contribution in [1.29, 1.82) is 0 Å². The first-order valence-corrected chi connectivity index (χ1v) is 9.88. The van der Waals surface area contributed by atoms with Crippen LogP contribution in [-0.2, 0) is 16.0 Å². The number of carbonyl (C=O) groups excluding carboxylic acids is 2. The van der Waals surface area contributed by atoms with E-state index in [4.69, 9.17) is 4.74 Å². The minimum Gasteiger partial charge on any atom is -0.497 e. The molecule has 3 heterocycles. The Labute approximate surface area is 165 Å². The van der Waals surface area contributed by atoms with Gasteiger partial charge in [0.05, 0.1) is 13.0 Å². The van der Waals surface area contributed by atoms with Gasteiger partial charge in [-0.3, -0.25) is 9.59 Å². The van der Waals surface area contributed by atoms with Crippen molar-refractivity contribution in [1.82, 2.24) is 20.1 Å². The lowest BCUT2D eigenvalue weighted by molar-refractivity contribution is -0.128. The molecule has 0 saturated carbocycles. The maximum absolute atomic E-state index is 12.4. The van der Waals surface area contributed by atoms with Crippen LogP contribution in [0.1, 0.15) is 17.0 Å². The van der Waals surface area contributed by atoms with Crippen LogP contribution in [-0.4, -0.2) is 52.1 Å². The average molecular weight is 399 g/mol. The van der Waals surface area contributed by atoms with E-state index in [9.17, 15) is 9.59 Å². The van der Waals surface area contributed by atoms with Gasteiger partial charge < -0.3 is 19.9 Å². The Hall–Kier alpha value is -2.94. The van der Waals surface area contributed by atoms with Crippen LogP contribution in [0.2, 0.25) is 0 Å². The molecule has 1 unspecified atom stereocenters. The summed E-state index contributed by atoms with van der Waals surface area (Å²) in [5, 5.41) is 12.9. The number of aromatic nitrogens is 3. The van der Waals surface area contributed by atoms with Gasteiger partial charge in [-0.15, -0.1) is 10.2 Å². The first kappa shape index (κ1) is 18.4. The number of nitrogens with one attached hydrogen (secondary N) is 2. The number of aryl methyl sites for hydroxylation is 1. The lowest BCUT2D eigenvalue weighted by Gasteiger charge is -2.16. The quantitative estimate of drug-likeness (QED) is 0.663. The van der Waals surface area contributed by atoms with Gasteiger partial charge in [-0.05, 0) is 37.1 Å². The third-order valence-corrected chi connectivity index (χ3v) is 5.72. The van der Waals surface area contributed by atoms with Gasteiger partial charge in [-0.1, -0.05) is 11.3 Å². The van der Waals surface area contributed by atoms with Gasteiger partial charge in [0.15, 0.2) is 0 Å². The van der Waals surface area contributed by atoms with Crippen molar-refractivity contribution < 1.29 is 14.3 Å². The van der Waals surface area contributed by atoms with Crippen molar-refractivity contribution in [2.75, 3.05) is 25.5 Å². The number of H-pyrrole nitrogens is 1. The Bertz CT molecular complexity index is 1030. The zero-order chi connectivity index (χ0) is 19.7. The molecule has 28 heavy (non-hydrogen) atoms. The Morgan fingerprint density at radius 3 is 3.04 bits per heavy atom. The van der Waals surface area contributed by atoms with Crippen molar-refractivity contribution in [2.45, 2.75) is 19.8 Å². The summed E-state index contributed by atoms with van der Waals surface area (Å²) in [7, 11) is 1.64. The number of hydrogen-bond acceptors (Lipinski definition) is 6. The number of benzene rings is 1. The number of ether oxygens (including phenoxy) is 1. The van der Waals surface area contributed by atoms with E-state index in [1.54, 1.807) is 12.0 Å². The molecular formula is C19H21N5O3S. The Balaban J connectivity index is 1.38. The highest BCUT2D eigenvalue weighted by atomic mass is 32.1. The number of anilines is 1. The van der Waals surface area contributed by atoms with Crippen LogP contribution in [0, 0.1) is 12.8 Å². The van der Waals surface area contributed by atoms with Gasteiger partial charge in [-0.25, -0.2) is 0 Å². The number of aromatic amines is 1. The maximum atomic E-state index is 12.4. The molecule has 0 spiro atoms. The first-order chi connectivity index (χ1) is 13.5. The molecule has 8 nitrogen and oxygen atoms in total. The van der Waals surface area contributed by atoms with Crippen molar-refractivity contribution in [2.24, 2.45) is 5.92 Å². The first-order valence-electron chi connectivity index (χ1n) is 9.06. The van der Waals surface area contributed by atoms with Crippen LogP contribution < -0.4 is 10.1 Å². The molecule has 1 aliphatic heterocycles. The van der Waals surface area contributed by atoms with Crippen LogP contribution in [0.25, 0.3) is 10.9 Å². The van der Waals surface area contributed by atoms with Crippen molar-refractivity contribution in [3.8, 4) is 5.75 Å². The van der Waals surface area contributed by atoms with E-state index in [0.717, 1.165) is 27.2 Å². The largest absolute Gasteiger partial charge is 0.497 e. The molecule has 9 heteroatoms. The number of hydrogen-bond donors (Lipinski definition) is 2. The molecule has 0 aliphatic carbocycles. The molecule has 3 aromatic rings. The summed E-state index contributed by atoms with van der Waals surface area (Å²) in [6.07, 6.45) is 2.90. The number of carbonyl (C=O) groups is 2. The predicted octanol–water partition coefficient (Wildman–Crippen LogP) is 2.37. The van der Waals surface area contributed by atoms with E-state index in [0.29, 0.717) is 24.6 Å². The van der Waals surface area contributed by atoms with E-state index in [1.807, 2.05) is 31.3 Å². The van der Waals surface area contributed by atoms with E-state index >= 15 is 0 Å². The van der Waals surface area contributed by atoms with Crippen molar-refractivity contribution in [3.05, 3.63) is 35.0 Å². The maximum Gasteiger partial charge on any atom is 0.231 e. The van der Waals surface area contributed by atoms with Crippen LogP contribution >= 0.6 is 11.3 Å². The number of amides is 2. The summed E-state index contributed by atoms with van der Waals surface area (Å²) in [5.74, 6) is 0.267. The van der Waals surface area contributed by atoms with Crippen LogP contribution in [0.4, 0.5) is 5.13 Å². The molecule has 146 valence electrons. The number of nitrogens with zero attached hydrogens (tertiary/aromatic N) is 3. The average Bonchev–Trinajstić information content (AvgIpc) is 3.38. The summed E-state index contributed by atoms with van der Waals surface area (Å²) in [6.45, 7) is 2.83. The van der Waals surface area contributed by atoms with Gasteiger partial charge in [0, 0.05) is 36.6 Å². The molecule has 2 amide bonds. The fourth-order valence-electron chi connectivity index (χ4n) is 3.47. The highest BCUT2D eigenvalue weighted by Crippen LogP contribution is 2.26. The minimum absolute atomic E-state index is 0.00557. The lowest BCUT2D eigenvalue weighted by atomic mass is 10.1. The van der Waals surface area contributed by atoms with Gasteiger partial charge >= 0.3 is 0 Å². The standard InChI is InChI=1S/C19H21N5O3S/c1-11-22-23-19(28-11)21-18(26)13-7-17(25)24(10-13)6-5-12-9-20-16-4-3-14(27-2)8-15(12)16/h3-4,8-9,13,20H,5-7,10H2,1-2H3,(H,21,23,26). The van der Waals surface area contributed by atoms with E-state index in [-0.39, 0.29) is 24.2 Å². The molecule has 1 fully saturated rings. The molecule has 2 N–H and O–H groups in total. The van der Waals surface area contributed by atoms with Crippen molar-refractivity contribution in [3.63, 3.8) is 0 Å². The van der Waals surface area contributed by atoms with Gasteiger partial charge in [0.2, 0.25) is 16.9 Å².